The molecule has 1 rings (SSSR count). The highest BCUT2D eigenvalue weighted by molar-refractivity contribution is 5.84. The zero-order valence-electron chi connectivity index (χ0n) is 10.3. The summed E-state index contributed by atoms with van der Waals surface area (Å²) in [4.78, 5) is 18.9. The first kappa shape index (κ1) is 13.4. The Hall–Kier alpha value is -1.69. The third-order valence-electron chi connectivity index (χ3n) is 1.90. The summed E-state index contributed by atoms with van der Waals surface area (Å²) in [6.45, 7) is 5.31. The maximum absolute atomic E-state index is 11.2. The summed E-state index contributed by atoms with van der Waals surface area (Å²) in [5.74, 6) is -0.205. The quantitative estimate of drug-likeness (QED) is 0.580. The van der Waals surface area contributed by atoms with E-state index in [9.17, 15) is 4.79 Å². The molecule has 1 heterocycles. The van der Waals surface area contributed by atoms with Crippen LogP contribution in [0.25, 0.3) is 0 Å². The monoisotopic (exact) mass is 239 g/mol. The van der Waals surface area contributed by atoms with Crippen LogP contribution in [0.5, 0.6) is 5.88 Å². The minimum Gasteiger partial charge on any atom is -0.476 e. The molecule has 6 heteroatoms. The number of hydrogen-bond donors (Lipinski definition) is 1. The molecule has 0 aliphatic heterocycles. The van der Waals surface area contributed by atoms with Gasteiger partial charge in [0.05, 0.1) is 7.11 Å². The van der Waals surface area contributed by atoms with E-state index in [4.69, 9.17) is 4.74 Å². The second-order valence-corrected chi connectivity index (χ2v) is 3.67. The van der Waals surface area contributed by atoms with Crippen LogP contribution < -0.4 is 10.1 Å². The van der Waals surface area contributed by atoms with E-state index in [0.717, 1.165) is 6.54 Å². The first-order chi connectivity index (χ1) is 8.13. The van der Waals surface area contributed by atoms with Gasteiger partial charge in [-0.25, -0.2) is 9.78 Å². The van der Waals surface area contributed by atoms with E-state index in [-0.39, 0.29) is 5.82 Å². The predicted molar refractivity (Wildman–Crippen MR) is 62.0 cm³/mol. The summed E-state index contributed by atoms with van der Waals surface area (Å²) < 4.78 is 9.89. The van der Waals surface area contributed by atoms with Crippen molar-refractivity contribution < 1.29 is 14.3 Å². The Kier molecular flexibility index (Phi) is 5.35. The van der Waals surface area contributed by atoms with E-state index in [1.54, 1.807) is 6.07 Å². The van der Waals surface area contributed by atoms with Gasteiger partial charge in [0.15, 0.2) is 0 Å². The van der Waals surface area contributed by atoms with Gasteiger partial charge in [0.1, 0.15) is 6.61 Å². The molecule has 0 spiro atoms. The van der Waals surface area contributed by atoms with E-state index in [2.05, 4.69) is 33.9 Å². The average Bonchev–Trinajstić information content (AvgIpc) is 2.34. The maximum atomic E-state index is 11.2. The van der Waals surface area contributed by atoms with Crippen LogP contribution in [0.2, 0.25) is 0 Å². The van der Waals surface area contributed by atoms with Crippen LogP contribution in [0.1, 0.15) is 24.5 Å². The number of esters is 1. The van der Waals surface area contributed by atoms with Crippen molar-refractivity contribution in [1.29, 1.82) is 0 Å². The Morgan fingerprint density at radius 1 is 1.53 bits per heavy atom. The number of rotatable bonds is 6. The molecule has 0 radical (unpaired) electrons. The standard InChI is InChI=1S/C11H17N3O3/c1-8(2)12-6-7-17-9-4-5-13-10(14-9)11(15)16-3/h4-5,8,12H,6-7H2,1-3H3. The van der Waals surface area contributed by atoms with Crippen LogP contribution in [0.3, 0.4) is 0 Å². The molecule has 1 N–H and O–H groups in total. The molecule has 1 aromatic heterocycles. The van der Waals surface area contributed by atoms with Crippen molar-refractivity contribution in [3.8, 4) is 5.88 Å². The maximum Gasteiger partial charge on any atom is 0.376 e. The Labute approximate surface area is 100 Å². The molecular formula is C11H17N3O3. The minimum atomic E-state index is -0.573. The number of carbonyl (C=O) groups excluding carboxylic acids is 1. The molecular weight excluding hydrogens is 222 g/mol. The molecule has 6 nitrogen and oxygen atoms in total. The molecule has 0 aliphatic rings. The zero-order chi connectivity index (χ0) is 12.7. The topological polar surface area (TPSA) is 73.3 Å². The summed E-state index contributed by atoms with van der Waals surface area (Å²) in [5, 5.41) is 3.20. The van der Waals surface area contributed by atoms with Crippen LogP contribution in [0, 0.1) is 0 Å². The highest BCUT2D eigenvalue weighted by Gasteiger charge is 2.09. The van der Waals surface area contributed by atoms with Crippen LogP contribution in [-0.4, -0.2) is 42.2 Å². The number of nitrogens with zero attached hydrogens (tertiary/aromatic N) is 2. The van der Waals surface area contributed by atoms with Crippen molar-refractivity contribution in [3.63, 3.8) is 0 Å². The van der Waals surface area contributed by atoms with Gasteiger partial charge in [0.2, 0.25) is 11.7 Å². The van der Waals surface area contributed by atoms with E-state index < -0.39 is 5.97 Å². The second kappa shape index (κ2) is 6.80. The molecule has 0 amide bonds. The van der Waals surface area contributed by atoms with Gasteiger partial charge in [-0.2, -0.15) is 4.98 Å². The molecule has 0 unspecified atom stereocenters. The molecule has 0 saturated heterocycles. The highest BCUT2D eigenvalue weighted by Crippen LogP contribution is 2.05. The van der Waals surface area contributed by atoms with Gasteiger partial charge in [-0.1, -0.05) is 13.8 Å². The van der Waals surface area contributed by atoms with Crippen LogP contribution in [-0.2, 0) is 4.74 Å². The fourth-order valence-electron chi connectivity index (χ4n) is 1.12. The lowest BCUT2D eigenvalue weighted by Gasteiger charge is -2.09. The highest BCUT2D eigenvalue weighted by atomic mass is 16.5. The minimum absolute atomic E-state index is 0.00168. The Bertz CT molecular complexity index is 369. The second-order valence-electron chi connectivity index (χ2n) is 3.67. The number of ether oxygens (including phenoxy) is 2. The molecule has 0 saturated carbocycles. The van der Waals surface area contributed by atoms with Gasteiger partial charge in [-0.3, -0.25) is 0 Å². The number of carbonyl (C=O) groups is 1. The number of methoxy groups -OCH3 is 1. The fourth-order valence-corrected chi connectivity index (χ4v) is 1.12. The summed E-state index contributed by atoms with van der Waals surface area (Å²) in [7, 11) is 1.28. The van der Waals surface area contributed by atoms with Gasteiger partial charge >= 0.3 is 5.97 Å². The summed E-state index contributed by atoms with van der Waals surface area (Å²) in [6.07, 6.45) is 1.46. The van der Waals surface area contributed by atoms with Crippen LogP contribution in [0.15, 0.2) is 12.3 Å². The molecule has 0 aliphatic carbocycles. The number of hydrogen-bond acceptors (Lipinski definition) is 6. The van der Waals surface area contributed by atoms with Gasteiger partial charge in [-0.15, -0.1) is 0 Å². The summed E-state index contributed by atoms with van der Waals surface area (Å²) in [6, 6.07) is 2.01. The van der Waals surface area contributed by atoms with Crippen LogP contribution >= 0.6 is 0 Å². The van der Waals surface area contributed by atoms with E-state index >= 15 is 0 Å². The van der Waals surface area contributed by atoms with E-state index in [1.807, 2.05) is 0 Å². The first-order valence-electron chi connectivity index (χ1n) is 5.41. The number of aromatic nitrogens is 2. The molecule has 1 aromatic rings. The van der Waals surface area contributed by atoms with E-state index in [1.165, 1.54) is 13.3 Å². The Morgan fingerprint density at radius 2 is 2.29 bits per heavy atom. The van der Waals surface area contributed by atoms with Gasteiger partial charge in [0, 0.05) is 24.8 Å². The van der Waals surface area contributed by atoms with Crippen molar-refractivity contribution in [2.24, 2.45) is 0 Å². The summed E-state index contributed by atoms with van der Waals surface area (Å²) >= 11 is 0. The third kappa shape index (κ3) is 4.78. The molecule has 94 valence electrons. The van der Waals surface area contributed by atoms with Crippen molar-refractivity contribution in [3.05, 3.63) is 18.1 Å². The van der Waals surface area contributed by atoms with Crippen molar-refractivity contribution in [2.75, 3.05) is 20.3 Å². The smallest absolute Gasteiger partial charge is 0.376 e. The lowest BCUT2D eigenvalue weighted by molar-refractivity contribution is 0.0585. The van der Waals surface area contributed by atoms with Gasteiger partial charge in [0.25, 0.3) is 0 Å². The van der Waals surface area contributed by atoms with E-state index in [0.29, 0.717) is 18.5 Å². The number of nitrogens with one attached hydrogen (secondary N) is 1. The SMILES string of the molecule is COC(=O)c1nccc(OCCNC(C)C)n1. The molecule has 17 heavy (non-hydrogen) atoms. The average molecular weight is 239 g/mol. The zero-order valence-corrected chi connectivity index (χ0v) is 10.3. The lowest BCUT2D eigenvalue weighted by atomic mass is 10.4. The Balaban J connectivity index is 2.46. The van der Waals surface area contributed by atoms with Crippen molar-refractivity contribution >= 4 is 5.97 Å². The molecule has 0 fully saturated rings. The third-order valence-corrected chi connectivity index (χ3v) is 1.90. The largest absolute Gasteiger partial charge is 0.476 e. The summed E-state index contributed by atoms with van der Waals surface area (Å²) in [5.41, 5.74) is 0. The van der Waals surface area contributed by atoms with Gasteiger partial charge in [-0.05, 0) is 0 Å². The molecule has 0 atom stereocenters. The van der Waals surface area contributed by atoms with Crippen molar-refractivity contribution in [2.45, 2.75) is 19.9 Å². The molecule has 0 aromatic carbocycles. The van der Waals surface area contributed by atoms with Gasteiger partial charge < -0.3 is 14.8 Å². The predicted octanol–water partition coefficient (Wildman–Crippen LogP) is 0.640. The van der Waals surface area contributed by atoms with Crippen LogP contribution in [0.4, 0.5) is 0 Å². The Morgan fingerprint density at radius 3 is 2.94 bits per heavy atom. The lowest BCUT2D eigenvalue weighted by Crippen LogP contribution is -2.27. The first-order valence-corrected chi connectivity index (χ1v) is 5.41. The van der Waals surface area contributed by atoms with Crippen molar-refractivity contribution in [1.82, 2.24) is 15.3 Å². The molecule has 0 bridgehead atoms. The fraction of sp³-hybridized carbons (Fsp3) is 0.545. The normalized spacial score (nSPS) is 10.4.